The molecule has 0 saturated carbocycles. The SMILES string of the molecule is O/N=c1\cccc2sc3ccccc3nc1-2. The van der Waals surface area contributed by atoms with Crippen LogP contribution in [-0.4, -0.2) is 10.2 Å². The van der Waals surface area contributed by atoms with E-state index in [1.807, 2.05) is 36.4 Å². The molecule has 0 radical (unpaired) electrons. The topological polar surface area (TPSA) is 45.5 Å². The van der Waals surface area contributed by atoms with Crippen molar-refractivity contribution in [3.05, 3.63) is 47.8 Å². The molecule has 1 aliphatic heterocycles. The third-order valence-corrected chi connectivity index (χ3v) is 3.52. The fourth-order valence-electron chi connectivity index (χ4n) is 1.66. The summed E-state index contributed by atoms with van der Waals surface area (Å²) in [4.78, 5) is 5.53. The van der Waals surface area contributed by atoms with Gasteiger partial charge in [-0.2, -0.15) is 0 Å². The number of para-hydroxylation sites is 2. The predicted molar refractivity (Wildman–Crippen MR) is 63.6 cm³/mol. The van der Waals surface area contributed by atoms with Crippen LogP contribution in [0.2, 0.25) is 0 Å². The van der Waals surface area contributed by atoms with Crippen LogP contribution in [-0.2, 0) is 0 Å². The Bertz CT molecular complexity index is 690. The number of nitrogens with zero attached hydrogens (tertiary/aromatic N) is 2. The van der Waals surface area contributed by atoms with E-state index < -0.39 is 0 Å². The van der Waals surface area contributed by atoms with Gasteiger partial charge >= 0.3 is 0 Å². The summed E-state index contributed by atoms with van der Waals surface area (Å²) in [7, 11) is 0. The van der Waals surface area contributed by atoms with Crippen LogP contribution in [0.4, 0.5) is 0 Å². The molecule has 16 heavy (non-hydrogen) atoms. The largest absolute Gasteiger partial charge is 0.410 e. The molecule has 1 N–H and O–H groups in total. The molecule has 1 aliphatic carbocycles. The average molecular weight is 228 g/mol. The normalized spacial score (nSPS) is 12.4. The van der Waals surface area contributed by atoms with Crippen LogP contribution in [0.15, 0.2) is 47.6 Å². The molecule has 0 spiro atoms. The van der Waals surface area contributed by atoms with Crippen LogP contribution in [0, 0.1) is 0 Å². The molecule has 0 unspecified atom stereocenters. The minimum atomic E-state index is 0.513. The molecule has 0 amide bonds. The van der Waals surface area contributed by atoms with E-state index in [-0.39, 0.29) is 0 Å². The van der Waals surface area contributed by atoms with Crippen LogP contribution in [0.25, 0.3) is 20.8 Å². The highest BCUT2D eigenvalue weighted by atomic mass is 32.1. The number of benzene rings is 2. The van der Waals surface area contributed by atoms with Gasteiger partial charge in [-0.15, -0.1) is 11.3 Å². The van der Waals surface area contributed by atoms with E-state index in [1.54, 1.807) is 17.4 Å². The van der Waals surface area contributed by atoms with Gasteiger partial charge in [0.1, 0.15) is 11.1 Å². The molecular formula is C12H8N2OS. The average Bonchev–Trinajstić information content (AvgIpc) is 2.35. The Balaban J connectivity index is 2.52. The van der Waals surface area contributed by atoms with Crippen molar-refractivity contribution in [2.24, 2.45) is 5.16 Å². The van der Waals surface area contributed by atoms with Crippen molar-refractivity contribution in [1.29, 1.82) is 0 Å². The summed E-state index contributed by atoms with van der Waals surface area (Å²) in [5.41, 5.74) is 1.67. The maximum atomic E-state index is 8.90. The Morgan fingerprint density at radius 2 is 1.94 bits per heavy atom. The van der Waals surface area contributed by atoms with Crippen molar-refractivity contribution in [1.82, 2.24) is 4.98 Å². The van der Waals surface area contributed by atoms with E-state index in [0.717, 1.165) is 20.8 Å². The zero-order chi connectivity index (χ0) is 11.0. The van der Waals surface area contributed by atoms with Gasteiger partial charge in [0.2, 0.25) is 0 Å². The molecule has 4 heteroatoms. The number of rotatable bonds is 0. The first-order valence-corrected chi connectivity index (χ1v) is 5.67. The number of fused-ring (bicyclic) bond motifs is 2. The first kappa shape index (κ1) is 9.30. The van der Waals surface area contributed by atoms with E-state index in [4.69, 9.17) is 5.21 Å². The molecule has 0 fully saturated rings. The molecule has 0 atom stereocenters. The summed E-state index contributed by atoms with van der Waals surface area (Å²) in [6.45, 7) is 0. The third kappa shape index (κ3) is 1.35. The molecule has 1 aromatic rings. The Morgan fingerprint density at radius 3 is 2.81 bits per heavy atom. The van der Waals surface area contributed by atoms with Crippen molar-refractivity contribution >= 4 is 21.6 Å². The van der Waals surface area contributed by atoms with Gasteiger partial charge < -0.3 is 5.21 Å². The van der Waals surface area contributed by atoms with Crippen molar-refractivity contribution in [3.8, 4) is 10.6 Å². The van der Waals surface area contributed by atoms with Crippen LogP contribution in [0.1, 0.15) is 0 Å². The summed E-state index contributed by atoms with van der Waals surface area (Å²) in [5.74, 6) is 0. The maximum Gasteiger partial charge on any atom is 0.129 e. The second kappa shape index (κ2) is 3.57. The standard InChI is InChI=1S/C12H8N2OS/c15-14-9-5-3-7-11-12(9)13-8-4-1-2-6-10(8)16-11/h1-7,15H/b14-9+. The predicted octanol–water partition coefficient (Wildman–Crippen LogP) is 2.69. The minimum Gasteiger partial charge on any atom is -0.410 e. The second-order valence-corrected chi connectivity index (χ2v) is 4.49. The van der Waals surface area contributed by atoms with Crippen LogP contribution < -0.4 is 5.36 Å². The Hall–Kier alpha value is -1.94. The Kier molecular flexibility index (Phi) is 2.08. The van der Waals surface area contributed by atoms with Gasteiger partial charge in [-0.1, -0.05) is 23.4 Å². The van der Waals surface area contributed by atoms with Crippen LogP contribution in [0.5, 0.6) is 0 Å². The zero-order valence-electron chi connectivity index (χ0n) is 8.29. The van der Waals surface area contributed by atoms with Gasteiger partial charge in [-0.3, -0.25) is 0 Å². The molecule has 1 aromatic carbocycles. The molecular weight excluding hydrogens is 220 g/mol. The maximum absolute atomic E-state index is 8.90. The molecule has 2 aliphatic rings. The summed E-state index contributed by atoms with van der Waals surface area (Å²) >= 11 is 1.65. The highest BCUT2D eigenvalue weighted by Crippen LogP contribution is 2.27. The summed E-state index contributed by atoms with van der Waals surface area (Å²) in [5, 5.41) is 12.7. The van der Waals surface area contributed by atoms with E-state index in [2.05, 4.69) is 10.1 Å². The van der Waals surface area contributed by atoms with Gasteiger partial charge in [-0.25, -0.2) is 4.98 Å². The Labute approximate surface area is 95.7 Å². The molecule has 3 nitrogen and oxygen atoms in total. The molecule has 3 rings (SSSR count). The second-order valence-electron chi connectivity index (χ2n) is 3.41. The number of hydrogen-bond acceptors (Lipinski definition) is 4. The molecule has 0 aromatic heterocycles. The summed E-state index contributed by atoms with van der Waals surface area (Å²) in [6.07, 6.45) is 0. The van der Waals surface area contributed by atoms with E-state index >= 15 is 0 Å². The van der Waals surface area contributed by atoms with E-state index in [0.29, 0.717) is 5.36 Å². The summed E-state index contributed by atoms with van der Waals surface area (Å²) < 4.78 is 1.13. The number of aromatic nitrogens is 1. The first-order valence-electron chi connectivity index (χ1n) is 4.85. The van der Waals surface area contributed by atoms with Crippen molar-refractivity contribution in [2.75, 3.05) is 0 Å². The molecule has 0 saturated heterocycles. The van der Waals surface area contributed by atoms with Gasteiger partial charge in [0.05, 0.1) is 15.1 Å². The van der Waals surface area contributed by atoms with Crippen molar-refractivity contribution < 1.29 is 5.21 Å². The van der Waals surface area contributed by atoms with Crippen LogP contribution >= 0.6 is 11.3 Å². The lowest BCUT2D eigenvalue weighted by atomic mass is 10.2. The lowest BCUT2D eigenvalue weighted by Gasteiger charge is -2.05. The monoisotopic (exact) mass is 228 g/mol. The van der Waals surface area contributed by atoms with Crippen LogP contribution in [0.3, 0.4) is 0 Å². The highest BCUT2D eigenvalue weighted by molar-refractivity contribution is 7.21. The first-order chi connectivity index (χ1) is 7.88. The highest BCUT2D eigenvalue weighted by Gasteiger charge is 2.08. The van der Waals surface area contributed by atoms with Gasteiger partial charge in [0.25, 0.3) is 0 Å². The van der Waals surface area contributed by atoms with Gasteiger partial charge in [0, 0.05) is 0 Å². The lowest BCUT2D eigenvalue weighted by Crippen LogP contribution is -2.07. The minimum absolute atomic E-state index is 0.513. The van der Waals surface area contributed by atoms with Gasteiger partial charge in [-0.05, 0) is 24.3 Å². The van der Waals surface area contributed by atoms with E-state index in [9.17, 15) is 0 Å². The zero-order valence-corrected chi connectivity index (χ0v) is 9.11. The molecule has 0 bridgehead atoms. The van der Waals surface area contributed by atoms with Crippen molar-refractivity contribution in [3.63, 3.8) is 0 Å². The van der Waals surface area contributed by atoms with Crippen molar-refractivity contribution in [2.45, 2.75) is 0 Å². The quantitative estimate of drug-likeness (QED) is 0.365. The summed E-state index contributed by atoms with van der Waals surface area (Å²) in [6, 6.07) is 13.5. The lowest BCUT2D eigenvalue weighted by molar-refractivity contribution is 0.302. The molecule has 78 valence electrons. The van der Waals surface area contributed by atoms with E-state index in [1.165, 1.54) is 0 Å². The fraction of sp³-hybridized carbons (Fsp3) is 0. The third-order valence-electron chi connectivity index (χ3n) is 2.40. The number of hydrogen-bond donors (Lipinski definition) is 1. The fourth-order valence-corrected chi connectivity index (χ4v) is 2.66. The smallest absolute Gasteiger partial charge is 0.129 e. The van der Waals surface area contributed by atoms with Gasteiger partial charge in [0.15, 0.2) is 0 Å². The molecule has 1 heterocycles. The Morgan fingerprint density at radius 1 is 1.06 bits per heavy atom.